The molecule has 13 heavy (non-hydrogen) atoms. The number of rotatable bonds is 4. The summed E-state index contributed by atoms with van der Waals surface area (Å²) in [6, 6.07) is 0.540. The zero-order valence-electron chi connectivity index (χ0n) is 7.99. The van der Waals surface area contributed by atoms with Crippen molar-refractivity contribution in [2.24, 2.45) is 5.92 Å². The van der Waals surface area contributed by atoms with Crippen molar-refractivity contribution in [1.82, 2.24) is 10.3 Å². The summed E-state index contributed by atoms with van der Waals surface area (Å²) in [5, 5.41) is 3.37. The lowest BCUT2D eigenvalue weighted by Gasteiger charge is -2.28. The lowest BCUT2D eigenvalue weighted by atomic mass is 9.81. The fourth-order valence-corrected chi connectivity index (χ4v) is 2.58. The maximum absolute atomic E-state index is 4.12. The topological polar surface area (TPSA) is 24.9 Å². The van der Waals surface area contributed by atoms with Crippen LogP contribution in [0.15, 0.2) is 11.7 Å². The summed E-state index contributed by atoms with van der Waals surface area (Å²) in [5.74, 6) is 0.958. The first-order chi connectivity index (χ1) is 6.40. The van der Waals surface area contributed by atoms with Gasteiger partial charge in [0.05, 0.1) is 5.51 Å². The minimum atomic E-state index is 0.540. The molecule has 1 saturated carbocycles. The number of aromatic nitrogens is 1. The minimum Gasteiger partial charge on any atom is -0.312 e. The highest BCUT2D eigenvalue weighted by atomic mass is 32.1. The van der Waals surface area contributed by atoms with Crippen molar-refractivity contribution in [2.45, 2.75) is 31.7 Å². The molecule has 0 spiro atoms. The van der Waals surface area contributed by atoms with Crippen LogP contribution in [-0.2, 0) is 0 Å². The van der Waals surface area contributed by atoms with E-state index in [-0.39, 0.29) is 0 Å². The Morgan fingerprint density at radius 2 is 2.54 bits per heavy atom. The second-order valence-electron chi connectivity index (χ2n) is 3.78. The molecule has 0 aromatic carbocycles. The van der Waals surface area contributed by atoms with Gasteiger partial charge in [-0.15, -0.1) is 11.3 Å². The summed E-state index contributed by atoms with van der Waals surface area (Å²) < 4.78 is 0. The van der Waals surface area contributed by atoms with Gasteiger partial charge in [-0.2, -0.15) is 0 Å². The quantitative estimate of drug-likeness (QED) is 0.800. The van der Waals surface area contributed by atoms with Gasteiger partial charge < -0.3 is 5.32 Å². The zero-order valence-corrected chi connectivity index (χ0v) is 8.81. The third-order valence-electron chi connectivity index (χ3n) is 2.94. The van der Waals surface area contributed by atoms with Gasteiger partial charge in [0.2, 0.25) is 0 Å². The van der Waals surface area contributed by atoms with E-state index in [1.54, 1.807) is 11.3 Å². The van der Waals surface area contributed by atoms with Crippen LogP contribution in [0.25, 0.3) is 0 Å². The average molecular weight is 196 g/mol. The molecule has 2 rings (SSSR count). The largest absolute Gasteiger partial charge is 0.312 e. The molecule has 0 amide bonds. The monoisotopic (exact) mass is 196 g/mol. The van der Waals surface area contributed by atoms with Crippen molar-refractivity contribution in [3.8, 4) is 0 Å². The van der Waals surface area contributed by atoms with Crippen molar-refractivity contribution < 1.29 is 0 Å². The molecule has 1 atom stereocenters. The fraction of sp³-hybridized carbons (Fsp3) is 0.700. The van der Waals surface area contributed by atoms with Crippen molar-refractivity contribution in [1.29, 1.82) is 0 Å². The molecule has 1 heterocycles. The maximum Gasteiger partial charge on any atom is 0.0794 e. The molecule has 72 valence electrons. The molecule has 1 aromatic heterocycles. The molecule has 0 bridgehead atoms. The van der Waals surface area contributed by atoms with Gasteiger partial charge in [-0.25, -0.2) is 0 Å². The van der Waals surface area contributed by atoms with Gasteiger partial charge in [0.15, 0.2) is 0 Å². The van der Waals surface area contributed by atoms with Crippen LogP contribution >= 0.6 is 11.3 Å². The number of nitrogens with one attached hydrogen (secondary N) is 1. The van der Waals surface area contributed by atoms with E-state index in [4.69, 9.17) is 0 Å². The van der Waals surface area contributed by atoms with Gasteiger partial charge in [0, 0.05) is 17.1 Å². The molecule has 1 unspecified atom stereocenters. The Bertz CT molecular complexity index is 241. The van der Waals surface area contributed by atoms with Crippen LogP contribution in [0.5, 0.6) is 0 Å². The Morgan fingerprint density at radius 1 is 1.69 bits per heavy atom. The number of thiazole rings is 1. The predicted molar refractivity (Wildman–Crippen MR) is 55.9 cm³/mol. The van der Waals surface area contributed by atoms with Crippen molar-refractivity contribution in [3.05, 3.63) is 16.6 Å². The summed E-state index contributed by atoms with van der Waals surface area (Å²) in [6.07, 6.45) is 7.57. The van der Waals surface area contributed by atoms with Crippen molar-refractivity contribution in [2.75, 3.05) is 7.05 Å². The molecule has 1 fully saturated rings. The summed E-state index contributed by atoms with van der Waals surface area (Å²) in [5.41, 5.74) is 1.92. The molecule has 0 saturated heterocycles. The first-order valence-corrected chi connectivity index (χ1v) is 5.83. The number of hydrogen-bond acceptors (Lipinski definition) is 3. The van der Waals surface area contributed by atoms with E-state index in [0.29, 0.717) is 6.04 Å². The van der Waals surface area contributed by atoms with E-state index in [0.717, 1.165) is 5.92 Å². The first-order valence-electron chi connectivity index (χ1n) is 4.96. The molecule has 2 nitrogen and oxygen atoms in total. The molecule has 1 N–H and O–H groups in total. The van der Waals surface area contributed by atoms with Gasteiger partial charge in [-0.05, 0) is 19.4 Å². The molecule has 1 aliphatic rings. The Balaban J connectivity index is 1.92. The lowest BCUT2D eigenvalue weighted by Crippen LogP contribution is -2.22. The average Bonchev–Trinajstić information content (AvgIpc) is 2.55. The lowest BCUT2D eigenvalue weighted by molar-refractivity contribution is 0.267. The molecule has 1 aromatic rings. The Morgan fingerprint density at radius 3 is 3.00 bits per heavy atom. The highest BCUT2D eigenvalue weighted by Gasteiger charge is 2.22. The Hall–Kier alpha value is -0.410. The van der Waals surface area contributed by atoms with Crippen LogP contribution in [0.1, 0.15) is 36.6 Å². The van der Waals surface area contributed by atoms with Crippen LogP contribution in [0, 0.1) is 5.92 Å². The molecule has 1 aliphatic carbocycles. The van der Waals surface area contributed by atoms with Gasteiger partial charge in [-0.3, -0.25) is 4.98 Å². The third-order valence-corrected chi connectivity index (χ3v) is 3.83. The highest BCUT2D eigenvalue weighted by molar-refractivity contribution is 7.09. The van der Waals surface area contributed by atoms with Crippen LogP contribution in [0.4, 0.5) is 0 Å². The van der Waals surface area contributed by atoms with Crippen LogP contribution < -0.4 is 5.32 Å². The van der Waals surface area contributed by atoms with E-state index in [9.17, 15) is 0 Å². The van der Waals surface area contributed by atoms with Gasteiger partial charge in [0.25, 0.3) is 0 Å². The number of nitrogens with zero attached hydrogens (tertiary/aromatic N) is 1. The maximum atomic E-state index is 4.12. The standard InChI is InChI=1S/C10H16N2S/c1-11-9(5-8-3-2-4-8)10-6-12-7-13-10/h6-9,11H,2-5H2,1H3. The Labute approximate surface area is 83.4 Å². The number of hydrogen-bond donors (Lipinski definition) is 1. The van der Waals surface area contributed by atoms with Crippen LogP contribution in [0.3, 0.4) is 0 Å². The van der Waals surface area contributed by atoms with Gasteiger partial charge >= 0.3 is 0 Å². The Kier molecular flexibility index (Phi) is 2.96. The summed E-state index contributed by atoms with van der Waals surface area (Å²) in [7, 11) is 2.04. The van der Waals surface area contributed by atoms with Crippen molar-refractivity contribution >= 4 is 11.3 Å². The van der Waals surface area contributed by atoms with E-state index in [2.05, 4.69) is 10.3 Å². The van der Waals surface area contributed by atoms with E-state index < -0.39 is 0 Å². The molecular weight excluding hydrogens is 180 g/mol. The second-order valence-corrected chi connectivity index (χ2v) is 4.70. The first kappa shape index (κ1) is 9.16. The molecule has 0 aliphatic heterocycles. The van der Waals surface area contributed by atoms with E-state index in [1.807, 2.05) is 18.8 Å². The normalized spacial score (nSPS) is 19.8. The second kappa shape index (κ2) is 4.20. The summed E-state index contributed by atoms with van der Waals surface area (Å²) in [4.78, 5) is 5.50. The zero-order chi connectivity index (χ0) is 9.10. The summed E-state index contributed by atoms with van der Waals surface area (Å²) >= 11 is 1.76. The van der Waals surface area contributed by atoms with E-state index in [1.165, 1.54) is 30.6 Å². The predicted octanol–water partition coefficient (Wildman–Crippen LogP) is 2.59. The summed E-state index contributed by atoms with van der Waals surface area (Å²) in [6.45, 7) is 0. The third kappa shape index (κ3) is 2.09. The van der Waals surface area contributed by atoms with Gasteiger partial charge in [-0.1, -0.05) is 19.3 Å². The highest BCUT2D eigenvalue weighted by Crippen LogP contribution is 2.35. The molecular formula is C10H16N2S. The molecule has 3 heteroatoms. The smallest absolute Gasteiger partial charge is 0.0794 e. The SMILES string of the molecule is CNC(CC1CCC1)c1cncs1. The fourth-order valence-electron chi connectivity index (χ4n) is 1.84. The molecule has 0 radical (unpaired) electrons. The van der Waals surface area contributed by atoms with Crippen LogP contribution in [0.2, 0.25) is 0 Å². The minimum absolute atomic E-state index is 0.540. The van der Waals surface area contributed by atoms with Crippen LogP contribution in [-0.4, -0.2) is 12.0 Å². The van der Waals surface area contributed by atoms with Gasteiger partial charge in [0.1, 0.15) is 0 Å². The van der Waals surface area contributed by atoms with E-state index >= 15 is 0 Å². The van der Waals surface area contributed by atoms with Crippen molar-refractivity contribution in [3.63, 3.8) is 0 Å².